The number of hydrogen-bond donors (Lipinski definition) is 2. The molecular weight excluding hydrogens is 432 g/mol. The van der Waals surface area contributed by atoms with Gasteiger partial charge in [0.05, 0.1) is 5.39 Å². The van der Waals surface area contributed by atoms with Gasteiger partial charge in [-0.15, -0.1) is 0 Å². The number of pyridine rings is 1. The first-order valence-electron chi connectivity index (χ1n) is 11.1. The minimum Gasteiger partial charge on any atom is -0.465 e. The van der Waals surface area contributed by atoms with Gasteiger partial charge in [-0.3, -0.25) is 0 Å². The summed E-state index contributed by atoms with van der Waals surface area (Å²) in [6, 6.07) is 13.3. The number of ether oxygens (including phenoxy) is 1. The highest BCUT2D eigenvalue weighted by Crippen LogP contribution is 2.43. The van der Waals surface area contributed by atoms with Crippen LogP contribution in [0.5, 0.6) is 11.6 Å². The fourth-order valence-corrected chi connectivity index (χ4v) is 4.94. The highest BCUT2D eigenvalue weighted by Gasteiger charge is 2.37. The maximum atomic E-state index is 11.7. The number of aromatic nitrogens is 4. The van der Waals surface area contributed by atoms with Gasteiger partial charge in [0.1, 0.15) is 23.5 Å². The average Bonchev–Trinajstić information content (AvgIpc) is 3.33. The third-order valence-corrected chi connectivity index (χ3v) is 6.48. The van der Waals surface area contributed by atoms with Gasteiger partial charge in [0.2, 0.25) is 5.88 Å². The van der Waals surface area contributed by atoms with Crippen LogP contribution in [-0.4, -0.2) is 48.2 Å². The zero-order valence-electron chi connectivity index (χ0n) is 19.3. The molecule has 1 fully saturated rings. The van der Waals surface area contributed by atoms with Crippen LogP contribution in [0.2, 0.25) is 0 Å². The third kappa shape index (κ3) is 3.68. The molecule has 3 N–H and O–H groups in total. The second-order valence-corrected chi connectivity index (χ2v) is 8.74. The summed E-state index contributed by atoms with van der Waals surface area (Å²) in [5, 5.41) is 10.4. The summed E-state index contributed by atoms with van der Waals surface area (Å²) in [7, 11) is 1.95. The molecule has 0 spiro atoms. The Kier molecular flexibility index (Phi) is 5.31. The Morgan fingerprint density at radius 3 is 2.62 bits per heavy atom. The van der Waals surface area contributed by atoms with Crippen molar-refractivity contribution in [2.75, 3.05) is 12.3 Å². The smallest absolute Gasteiger partial charge is 0.407 e. The van der Waals surface area contributed by atoms with Gasteiger partial charge in [-0.05, 0) is 44.0 Å². The molecule has 4 heterocycles. The zero-order chi connectivity index (χ0) is 24.0. The molecule has 0 aliphatic carbocycles. The van der Waals surface area contributed by atoms with E-state index in [0.717, 1.165) is 40.0 Å². The number of carbonyl (C=O) groups is 1. The molecule has 1 unspecified atom stereocenters. The number of nitrogens with two attached hydrogens (primary N) is 1. The molecular formula is C25H26N6O3. The summed E-state index contributed by atoms with van der Waals surface area (Å²) in [5.74, 6) is 1.60. The van der Waals surface area contributed by atoms with Crippen LogP contribution in [0.15, 0.2) is 48.8 Å². The molecule has 1 amide bonds. The Morgan fingerprint density at radius 2 is 1.94 bits per heavy atom. The second-order valence-electron chi connectivity index (χ2n) is 8.74. The molecule has 1 saturated heterocycles. The number of nitrogen functional groups attached to an aromatic ring is 1. The molecule has 2 atom stereocenters. The molecule has 1 aliphatic heterocycles. The van der Waals surface area contributed by atoms with E-state index in [1.54, 1.807) is 0 Å². The number of hydrogen-bond acceptors (Lipinski definition) is 6. The van der Waals surface area contributed by atoms with E-state index < -0.39 is 6.09 Å². The first-order chi connectivity index (χ1) is 16.3. The Hall–Kier alpha value is -4.14. The Labute approximate surface area is 196 Å². The van der Waals surface area contributed by atoms with Crippen LogP contribution in [-0.2, 0) is 7.05 Å². The summed E-state index contributed by atoms with van der Waals surface area (Å²) in [4.78, 5) is 26.3. The van der Waals surface area contributed by atoms with Gasteiger partial charge >= 0.3 is 6.09 Å². The summed E-state index contributed by atoms with van der Waals surface area (Å²) in [6.07, 6.45) is 1.27. The number of benzene rings is 1. The molecule has 9 nitrogen and oxygen atoms in total. The van der Waals surface area contributed by atoms with Crippen molar-refractivity contribution in [3.8, 4) is 22.8 Å². The fourth-order valence-electron chi connectivity index (χ4n) is 4.94. The Morgan fingerprint density at radius 1 is 1.18 bits per heavy atom. The number of anilines is 1. The lowest BCUT2D eigenvalue weighted by Crippen LogP contribution is -2.32. The van der Waals surface area contributed by atoms with Crippen molar-refractivity contribution in [3.05, 3.63) is 60.2 Å². The van der Waals surface area contributed by atoms with Crippen LogP contribution in [0.3, 0.4) is 0 Å². The zero-order valence-corrected chi connectivity index (χ0v) is 19.3. The van der Waals surface area contributed by atoms with Gasteiger partial charge in [0.25, 0.3) is 0 Å². The topological polar surface area (TPSA) is 119 Å². The molecule has 0 radical (unpaired) electrons. The second kappa shape index (κ2) is 8.33. The minimum absolute atomic E-state index is 0.00659. The molecule has 0 saturated carbocycles. The summed E-state index contributed by atoms with van der Waals surface area (Å²) in [6.45, 7) is 4.27. The third-order valence-electron chi connectivity index (χ3n) is 6.48. The largest absolute Gasteiger partial charge is 0.465 e. The molecule has 34 heavy (non-hydrogen) atoms. The van der Waals surface area contributed by atoms with Crippen molar-refractivity contribution in [1.82, 2.24) is 24.4 Å². The van der Waals surface area contributed by atoms with Crippen molar-refractivity contribution < 1.29 is 14.6 Å². The summed E-state index contributed by atoms with van der Waals surface area (Å²) >= 11 is 0. The average molecular weight is 459 g/mol. The number of carboxylic acid groups (broad SMARTS) is 1. The van der Waals surface area contributed by atoms with Crippen molar-refractivity contribution in [1.29, 1.82) is 0 Å². The molecule has 3 aromatic heterocycles. The van der Waals surface area contributed by atoms with Crippen molar-refractivity contribution >= 4 is 22.9 Å². The van der Waals surface area contributed by atoms with Crippen molar-refractivity contribution in [3.63, 3.8) is 0 Å². The van der Waals surface area contributed by atoms with Gasteiger partial charge < -0.3 is 25.0 Å². The van der Waals surface area contributed by atoms with Gasteiger partial charge in [-0.1, -0.05) is 18.2 Å². The molecule has 4 aromatic rings. The maximum Gasteiger partial charge on any atom is 0.407 e. The number of aryl methyl sites for hydroxylation is 2. The quantitative estimate of drug-likeness (QED) is 0.460. The van der Waals surface area contributed by atoms with Crippen LogP contribution in [0.4, 0.5) is 10.6 Å². The van der Waals surface area contributed by atoms with Crippen molar-refractivity contribution in [2.24, 2.45) is 7.05 Å². The standard InChI is InChI=1S/C25H26N6O3/c1-14-5-4-6-19(29-14)34-18-9-7-16(8-10-18)20-21-23(26)27-13-28-24(21)30(3)22(20)17-11-15(2)31(12-17)25(32)33/h4-10,13,15,17H,11-12H2,1-3H3,(H,32,33)(H2,26,27,28)/t15-,17?/m0/s1. The van der Waals surface area contributed by atoms with E-state index >= 15 is 0 Å². The first kappa shape index (κ1) is 21.7. The van der Waals surface area contributed by atoms with Crippen LogP contribution in [0.25, 0.3) is 22.2 Å². The maximum absolute atomic E-state index is 11.7. The van der Waals surface area contributed by atoms with Gasteiger partial charge in [0.15, 0.2) is 0 Å². The monoisotopic (exact) mass is 458 g/mol. The number of amides is 1. The molecule has 1 aromatic carbocycles. The highest BCUT2D eigenvalue weighted by atomic mass is 16.5. The van der Waals surface area contributed by atoms with E-state index in [4.69, 9.17) is 10.5 Å². The molecule has 0 bridgehead atoms. The predicted octanol–water partition coefficient (Wildman–Crippen LogP) is 4.57. The van der Waals surface area contributed by atoms with Crippen LogP contribution in [0, 0.1) is 6.92 Å². The van der Waals surface area contributed by atoms with Crippen LogP contribution >= 0.6 is 0 Å². The Balaban J connectivity index is 1.59. The SMILES string of the molecule is Cc1cccc(Oc2ccc(-c3c(C4C[C@H](C)N(C(=O)O)C4)n(C)c4ncnc(N)c34)cc2)n1. The Bertz CT molecular complexity index is 1380. The van der Waals surface area contributed by atoms with Crippen LogP contribution in [0.1, 0.15) is 30.7 Å². The van der Waals surface area contributed by atoms with Gasteiger partial charge in [0, 0.05) is 48.6 Å². The minimum atomic E-state index is -0.902. The number of nitrogens with zero attached hydrogens (tertiary/aromatic N) is 5. The van der Waals surface area contributed by atoms with Gasteiger partial charge in [-0.2, -0.15) is 0 Å². The van der Waals surface area contributed by atoms with Gasteiger partial charge in [-0.25, -0.2) is 19.7 Å². The number of likely N-dealkylation sites (tertiary alicyclic amines) is 1. The van der Waals surface area contributed by atoms with E-state index in [9.17, 15) is 9.90 Å². The first-order valence-corrected chi connectivity index (χ1v) is 11.1. The lowest BCUT2D eigenvalue weighted by atomic mass is 9.93. The number of rotatable bonds is 4. The van der Waals surface area contributed by atoms with E-state index in [0.29, 0.717) is 24.0 Å². The predicted molar refractivity (Wildman–Crippen MR) is 129 cm³/mol. The molecule has 9 heteroatoms. The van der Waals surface area contributed by atoms with E-state index in [1.807, 2.05) is 67.9 Å². The molecule has 1 aliphatic rings. The van der Waals surface area contributed by atoms with E-state index in [2.05, 4.69) is 15.0 Å². The normalized spacial score (nSPS) is 17.9. The van der Waals surface area contributed by atoms with Crippen molar-refractivity contribution in [2.45, 2.75) is 32.2 Å². The highest BCUT2D eigenvalue weighted by molar-refractivity contribution is 6.02. The summed E-state index contributed by atoms with van der Waals surface area (Å²) < 4.78 is 7.93. The lowest BCUT2D eigenvalue weighted by molar-refractivity contribution is 0.143. The number of fused-ring (bicyclic) bond motifs is 1. The van der Waals surface area contributed by atoms with E-state index in [-0.39, 0.29) is 12.0 Å². The lowest BCUT2D eigenvalue weighted by Gasteiger charge is -2.17. The molecule has 174 valence electrons. The summed E-state index contributed by atoms with van der Waals surface area (Å²) in [5.41, 5.74) is 10.8. The van der Waals surface area contributed by atoms with E-state index in [1.165, 1.54) is 11.2 Å². The van der Waals surface area contributed by atoms with Crippen LogP contribution < -0.4 is 10.5 Å². The molecule has 5 rings (SSSR count). The fraction of sp³-hybridized carbons (Fsp3) is 0.280.